The van der Waals surface area contributed by atoms with E-state index < -0.39 is 16.6 Å². The summed E-state index contributed by atoms with van der Waals surface area (Å²) in [5, 5.41) is 6.90. The molecule has 0 radical (unpaired) electrons. The van der Waals surface area contributed by atoms with E-state index in [1.54, 1.807) is 6.20 Å². The smallest absolute Gasteiger partial charge is 0.323 e. The summed E-state index contributed by atoms with van der Waals surface area (Å²) in [5.41, 5.74) is -1.53. The molecule has 0 saturated carbocycles. The normalized spacial score (nSPS) is 32.4. The van der Waals surface area contributed by atoms with Crippen molar-refractivity contribution in [1.29, 1.82) is 0 Å². The third-order valence-electron chi connectivity index (χ3n) is 5.35. The minimum atomic E-state index is -0.985. The Labute approximate surface area is 156 Å². The van der Waals surface area contributed by atoms with Crippen molar-refractivity contribution < 1.29 is 14.3 Å². The maximum absolute atomic E-state index is 13.6. The molecule has 1 aromatic heterocycles. The zero-order chi connectivity index (χ0) is 18.8. The lowest BCUT2D eigenvalue weighted by Gasteiger charge is -2.54. The van der Waals surface area contributed by atoms with Crippen LogP contribution in [0.4, 0.5) is 0 Å². The topological polar surface area (TPSA) is 72.5 Å². The molecule has 2 aliphatic heterocycles. The third kappa shape index (κ3) is 3.38. The minimum absolute atomic E-state index is 0.0763. The molecule has 1 spiro atoms. The molecule has 3 rings (SSSR count). The lowest BCUT2D eigenvalue weighted by Crippen LogP contribution is -2.73. The number of ether oxygens (including phenoxy) is 2. The molecule has 2 aliphatic rings. The quantitative estimate of drug-likeness (QED) is 0.800. The van der Waals surface area contributed by atoms with Gasteiger partial charge in [0, 0.05) is 25.8 Å². The van der Waals surface area contributed by atoms with Gasteiger partial charge < -0.3 is 20.1 Å². The molecule has 3 heterocycles. The molecule has 3 unspecified atom stereocenters. The highest BCUT2D eigenvalue weighted by molar-refractivity contribution is 5.85. The molecule has 0 bridgehead atoms. The molecular formula is C20H31N3O3. The van der Waals surface area contributed by atoms with Crippen LogP contribution in [0.25, 0.3) is 0 Å². The van der Waals surface area contributed by atoms with Crippen molar-refractivity contribution in [2.45, 2.75) is 63.3 Å². The number of carbonyl (C=O) groups is 1. The minimum Gasteiger partial charge on any atom is -0.459 e. The molecule has 0 amide bonds. The number of nitrogens with zero attached hydrogens (tertiary/aromatic N) is 1. The molecular weight excluding hydrogens is 330 g/mol. The highest BCUT2D eigenvalue weighted by atomic mass is 16.6. The Morgan fingerprint density at radius 1 is 1.35 bits per heavy atom. The van der Waals surface area contributed by atoms with E-state index in [2.05, 4.69) is 22.5 Å². The number of aromatic nitrogens is 1. The number of nitrogens with one attached hydrogen (secondary N) is 2. The number of carbonyl (C=O) groups excluding carboxylic acids is 1. The van der Waals surface area contributed by atoms with Gasteiger partial charge in [-0.25, -0.2) is 0 Å². The van der Waals surface area contributed by atoms with Crippen molar-refractivity contribution in [1.82, 2.24) is 15.6 Å². The van der Waals surface area contributed by atoms with E-state index >= 15 is 0 Å². The molecule has 2 N–H and O–H groups in total. The summed E-state index contributed by atoms with van der Waals surface area (Å²) in [6, 6.07) is 5.70. The van der Waals surface area contributed by atoms with Crippen LogP contribution < -0.4 is 10.6 Å². The van der Waals surface area contributed by atoms with Gasteiger partial charge in [-0.1, -0.05) is 13.0 Å². The van der Waals surface area contributed by atoms with Crippen LogP contribution in [0.5, 0.6) is 0 Å². The Morgan fingerprint density at radius 2 is 2.15 bits per heavy atom. The van der Waals surface area contributed by atoms with E-state index in [1.165, 1.54) is 0 Å². The lowest BCUT2D eigenvalue weighted by atomic mass is 9.64. The molecule has 6 nitrogen and oxygen atoms in total. The van der Waals surface area contributed by atoms with Gasteiger partial charge in [-0.2, -0.15) is 0 Å². The largest absolute Gasteiger partial charge is 0.459 e. The predicted octanol–water partition coefficient (Wildman–Crippen LogP) is 1.79. The number of pyridine rings is 1. The molecule has 6 heteroatoms. The van der Waals surface area contributed by atoms with Gasteiger partial charge in [0.1, 0.15) is 11.2 Å². The molecule has 2 saturated heterocycles. The van der Waals surface area contributed by atoms with Crippen molar-refractivity contribution in [2.75, 3.05) is 26.2 Å². The van der Waals surface area contributed by atoms with E-state index in [0.717, 1.165) is 25.9 Å². The summed E-state index contributed by atoms with van der Waals surface area (Å²) < 4.78 is 12.5. The van der Waals surface area contributed by atoms with Crippen LogP contribution >= 0.6 is 0 Å². The van der Waals surface area contributed by atoms with Gasteiger partial charge in [-0.05, 0) is 52.3 Å². The van der Waals surface area contributed by atoms with Gasteiger partial charge >= 0.3 is 5.97 Å². The van der Waals surface area contributed by atoms with Gasteiger partial charge in [0.25, 0.3) is 0 Å². The van der Waals surface area contributed by atoms with Crippen LogP contribution in [0, 0.1) is 0 Å². The number of esters is 1. The van der Waals surface area contributed by atoms with E-state index in [1.807, 2.05) is 39.0 Å². The average Bonchev–Trinajstić information content (AvgIpc) is 2.61. The molecule has 26 heavy (non-hydrogen) atoms. The molecule has 0 aromatic carbocycles. The Morgan fingerprint density at radius 3 is 2.81 bits per heavy atom. The Hall–Kier alpha value is -1.50. The zero-order valence-electron chi connectivity index (χ0n) is 16.3. The highest BCUT2D eigenvalue weighted by Crippen LogP contribution is 2.45. The van der Waals surface area contributed by atoms with Crippen LogP contribution in [-0.2, 0) is 19.7 Å². The van der Waals surface area contributed by atoms with Gasteiger partial charge in [0.2, 0.25) is 0 Å². The summed E-state index contributed by atoms with van der Waals surface area (Å²) in [5.74, 6) is -0.269. The molecule has 0 aliphatic carbocycles. The van der Waals surface area contributed by atoms with Gasteiger partial charge in [0.15, 0.2) is 5.41 Å². The van der Waals surface area contributed by atoms with Crippen molar-refractivity contribution in [3.63, 3.8) is 0 Å². The maximum atomic E-state index is 13.6. The standard InChI is InChI=1S/C20H31N3O3/c1-5-15-12-22-13-19(25-15)9-11-21-14-20(19,16-8-6-7-10-23-16)17(24)26-18(2,3)4/h6-8,10,15,21-22H,5,9,11-14H2,1-4H3. The van der Waals surface area contributed by atoms with Crippen molar-refractivity contribution >= 4 is 5.97 Å². The summed E-state index contributed by atoms with van der Waals surface area (Å²) in [6.07, 6.45) is 3.44. The summed E-state index contributed by atoms with van der Waals surface area (Å²) >= 11 is 0. The van der Waals surface area contributed by atoms with Crippen molar-refractivity contribution in [2.24, 2.45) is 0 Å². The fraction of sp³-hybridized carbons (Fsp3) is 0.700. The predicted molar refractivity (Wildman–Crippen MR) is 100 cm³/mol. The second-order valence-electron chi connectivity index (χ2n) is 8.32. The van der Waals surface area contributed by atoms with Crippen molar-refractivity contribution in [3.05, 3.63) is 30.1 Å². The second kappa shape index (κ2) is 7.25. The molecule has 2 fully saturated rings. The van der Waals surface area contributed by atoms with Crippen LogP contribution in [0.3, 0.4) is 0 Å². The lowest BCUT2D eigenvalue weighted by molar-refractivity contribution is -0.202. The number of piperidine rings is 1. The number of hydrogen-bond donors (Lipinski definition) is 2. The number of morpholine rings is 1. The van der Waals surface area contributed by atoms with Crippen LogP contribution in [0.15, 0.2) is 24.4 Å². The van der Waals surface area contributed by atoms with Crippen LogP contribution in [-0.4, -0.2) is 54.4 Å². The maximum Gasteiger partial charge on any atom is 0.323 e. The van der Waals surface area contributed by atoms with Gasteiger partial charge in [-0.3, -0.25) is 9.78 Å². The SMILES string of the molecule is CCC1CNCC2(CCNCC2(C(=O)OC(C)(C)C)c2ccccn2)O1. The average molecular weight is 361 g/mol. The molecule has 3 atom stereocenters. The third-order valence-corrected chi connectivity index (χ3v) is 5.35. The fourth-order valence-electron chi connectivity index (χ4n) is 4.07. The second-order valence-corrected chi connectivity index (χ2v) is 8.32. The van der Waals surface area contributed by atoms with Crippen molar-refractivity contribution in [3.8, 4) is 0 Å². The first kappa shape index (κ1) is 19.3. The zero-order valence-corrected chi connectivity index (χ0v) is 16.3. The first-order valence-electron chi connectivity index (χ1n) is 9.57. The van der Waals surface area contributed by atoms with Gasteiger partial charge in [0.05, 0.1) is 11.8 Å². The van der Waals surface area contributed by atoms with E-state index in [0.29, 0.717) is 18.8 Å². The highest BCUT2D eigenvalue weighted by Gasteiger charge is 2.63. The summed E-state index contributed by atoms with van der Waals surface area (Å²) in [4.78, 5) is 18.2. The fourth-order valence-corrected chi connectivity index (χ4v) is 4.07. The van der Waals surface area contributed by atoms with E-state index in [9.17, 15) is 4.79 Å². The van der Waals surface area contributed by atoms with E-state index in [4.69, 9.17) is 9.47 Å². The Bertz CT molecular complexity index is 627. The van der Waals surface area contributed by atoms with E-state index in [-0.39, 0.29) is 12.1 Å². The van der Waals surface area contributed by atoms with Crippen LogP contribution in [0.1, 0.15) is 46.2 Å². The molecule has 1 aromatic rings. The van der Waals surface area contributed by atoms with Gasteiger partial charge in [-0.15, -0.1) is 0 Å². The first-order valence-corrected chi connectivity index (χ1v) is 9.57. The Kier molecular flexibility index (Phi) is 5.37. The monoisotopic (exact) mass is 361 g/mol. The molecule has 144 valence electrons. The Balaban J connectivity index is 2.12. The van der Waals surface area contributed by atoms with Crippen LogP contribution in [0.2, 0.25) is 0 Å². The summed E-state index contributed by atoms with van der Waals surface area (Å²) in [6.45, 7) is 10.5. The first-order chi connectivity index (χ1) is 12.3. The number of rotatable bonds is 3. The summed E-state index contributed by atoms with van der Waals surface area (Å²) in [7, 11) is 0. The number of hydrogen-bond acceptors (Lipinski definition) is 6.